The Hall–Kier alpha value is -1.35. The van der Waals surface area contributed by atoms with Crippen molar-refractivity contribution in [2.24, 2.45) is 0 Å². The summed E-state index contributed by atoms with van der Waals surface area (Å²) in [6, 6.07) is 0. The third-order valence-corrected chi connectivity index (χ3v) is 1.75. The molecule has 0 heterocycles. The van der Waals surface area contributed by atoms with Crippen LogP contribution >= 0.6 is 0 Å². The van der Waals surface area contributed by atoms with Crippen LogP contribution in [0.5, 0.6) is 0 Å². The van der Waals surface area contributed by atoms with Crippen molar-refractivity contribution in [3.05, 3.63) is 11.8 Å². The van der Waals surface area contributed by atoms with Crippen molar-refractivity contribution >= 4 is 5.78 Å². The third-order valence-electron chi connectivity index (χ3n) is 1.75. The molecule has 10 heteroatoms. The summed E-state index contributed by atoms with van der Waals surface area (Å²) in [5, 5.41) is 8.46. The first kappa shape index (κ1) is 16.6. The summed E-state index contributed by atoms with van der Waals surface area (Å²) in [5.74, 6) is -23.0. The molecule has 0 fully saturated rings. The molecule has 0 aliphatic carbocycles. The van der Waals surface area contributed by atoms with Gasteiger partial charge in [-0.05, 0) is 6.92 Å². The van der Waals surface area contributed by atoms with Crippen LogP contribution in [-0.4, -0.2) is 35.1 Å². The lowest BCUT2D eigenvalue weighted by Gasteiger charge is -2.31. The van der Waals surface area contributed by atoms with E-state index in [4.69, 9.17) is 5.11 Å². The summed E-state index contributed by atoms with van der Waals surface area (Å²) in [4.78, 5) is 10.3. The first-order valence-electron chi connectivity index (χ1n) is 4.11. The highest BCUT2D eigenvalue weighted by molar-refractivity contribution is 5.87. The number of allylic oxidation sites excluding steroid dienone is 2. The van der Waals surface area contributed by atoms with Crippen LogP contribution < -0.4 is 0 Å². The van der Waals surface area contributed by atoms with Crippen LogP contribution in [0.15, 0.2) is 11.8 Å². The molecule has 0 amide bonds. The number of aliphatic hydroxyl groups excluding tert-OH is 1. The molecule has 0 rings (SSSR count). The molecule has 0 aromatic carbocycles. The third kappa shape index (κ3) is 2.56. The molecule has 0 atom stereocenters. The molecule has 18 heavy (non-hydrogen) atoms. The van der Waals surface area contributed by atoms with Crippen LogP contribution in [0.4, 0.5) is 35.1 Å². The zero-order valence-corrected chi connectivity index (χ0v) is 8.53. The molecule has 0 saturated carbocycles. The van der Waals surface area contributed by atoms with E-state index in [1.54, 1.807) is 0 Å². The van der Waals surface area contributed by atoms with Crippen LogP contribution in [0.2, 0.25) is 0 Å². The van der Waals surface area contributed by atoms with Crippen molar-refractivity contribution < 1.29 is 45.0 Å². The fourth-order valence-corrected chi connectivity index (χ4v) is 0.790. The second-order valence-electron chi connectivity index (χ2n) is 3.21. The molecule has 1 N–H and O–H groups in total. The highest BCUT2D eigenvalue weighted by Crippen LogP contribution is 2.50. The van der Waals surface area contributed by atoms with Crippen LogP contribution in [0, 0.1) is 0 Å². The van der Waals surface area contributed by atoms with Crippen LogP contribution in [0.25, 0.3) is 0 Å². The highest BCUT2D eigenvalue weighted by Gasteiger charge is 2.76. The fraction of sp³-hybridized carbons (Fsp3) is 0.625. The predicted octanol–water partition coefficient (Wildman–Crippen LogP) is 3.19. The van der Waals surface area contributed by atoms with Gasteiger partial charge in [0.2, 0.25) is 0 Å². The van der Waals surface area contributed by atoms with Gasteiger partial charge in [-0.1, -0.05) is 0 Å². The van der Waals surface area contributed by atoms with Gasteiger partial charge in [0.1, 0.15) is 0 Å². The smallest absolute Gasteiger partial charge is 0.385 e. The fourth-order valence-electron chi connectivity index (χ4n) is 0.790. The summed E-state index contributed by atoms with van der Waals surface area (Å²) in [7, 11) is 0. The van der Waals surface area contributed by atoms with Crippen LogP contribution in [-0.2, 0) is 4.79 Å². The van der Waals surface area contributed by atoms with E-state index in [9.17, 15) is 39.9 Å². The molecule has 0 spiro atoms. The van der Waals surface area contributed by atoms with Gasteiger partial charge in [0.05, 0.1) is 0 Å². The van der Waals surface area contributed by atoms with E-state index in [2.05, 4.69) is 0 Å². The average molecular weight is 286 g/mol. The van der Waals surface area contributed by atoms with Crippen molar-refractivity contribution in [2.45, 2.75) is 31.1 Å². The number of hydrogen-bond acceptors (Lipinski definition) is 2. The molecule has 0 aromatic rings. The normalized spacial score (nSPS) is 15.1. The molecule has 106 valence electrons. The Kier molecular flexibility index (Phi) is 4.37. The molecule has 0 aliphatic heterocycles. The number of aliphatic hydroxyl groups is 1. The van der Waals surface area contributed by atoms with Gasteiger partial charge in [-0.3, -0.25) is 4.79 Å². The lowest BCUT2D eigenvalue weighted by Crippen LogP contribution is -2.58. The second-order valence-corrected chi connectivity index (χ2v) is 3.21. The molecule has 0 bridgehead atoms. The van der Waals surface area contributed by atoms with Gasteiger partial charge in [0.25, 0.3) is 0 Å². The van der Waals surface area contributed by atoms with E-state index in [1.807, 2.05) is 0 Å². The molecule has 0 aromatic heterocycles. The Labute approximate surface area is 94.9 Å². The number of carbonyl (C=O) groups excluding carboxylic acids is 1. The minimum absolute atomic E-state index is 0.463. The minimum atomic E-state index is -6.57. The number of halogens is 8. The number of rotatable bonds is 5. The Morgan fingerprint density at radius 3 is 1.78 bits per heavy atom. The van der Waals surface area contributed by atoms with Crippen LogP contribution in [0.1, 0.15) is 6.92 Å². The second kappa shape index (κ2) is 4.73. The standard InChI is InChI=1S/C8H6F8O2/c1-3(17)2-4(18)6(11,12)8(15,16)7(13,14)5(9)10/h2,5,18H,1H3/b4-2+. The van der Waals surface area contributed by atoms with Crippen molar-refractivity contribution in [1.82, 2.24) is 0 Å². The molecule has 0 unspecified atom stereocenters. The van der Waals surface area contributed by atoms with Gasteiger partial charge < -0.3 is 5.11 Å². The van der Waals surface area contributed by atoms with E-state index < -0.39 is 41.8 Å². The summed E-state index contributed by atoms with van der Waals surface area (Å²) in [6.07, 6.45) is -5.54. The largest absolute Gasteiger partial charge is 0.506 e. The molecular formula is C8H6F8O2. The lowest BCUT2D eigenvalue weighted by molar-refractivity contribution is -0.333. The van der Waals surface area contributed by atoms with Gasteiger partial charge in [-0.15, -0.1) is 0 Å². The van der Waals surface area contributed by atoms with E-state index >= 15 is 0 Å². The average Bonchev–Trinajstić information content (AvgIpc) is 2.15. The molecular weight excluding hydrogens is 280 g/mol. The number of alkyl halides is 8. The Morgan fingerprint density at radius 1 is 1.11 bits per heavy atom. The Balaban J connectivity index is 5.66. The summed E-state index contributed by atoms with van der Waals surface area (Å²) in [5.41, 5.74) is 0. The molecule has 0 radical (unpaired) electrons. The number of ketones is 1. The zero-order chi connectivity index (χ0) is 14.9. The Bertz CT molecular complexity index is 360. The topological polar surface area (TPSA) is 37.3 Å². The summed E-state index contributed by atoms with van der Waals surface area (Å²) >= 11 is 0. The van der Waals surface area contributed by atoms with Crippen LogP contribution in [0.3, 0.4) is 0 Å². The monoisotopic (exact) mass is 286 g/mol. The minimum Gasteiger partial charge on any atom is -0.506 e. The maximum atomic E-state index is 12.8. The van der Waals surface area contributed by atoms with Gasteiger partial charge in [-0.25, -0.2) is 8.78 Å². The van der Waals surface area contributed by atoms with Crippen molar-refractivity contribution in [3.63, 3.8) is 0 Å². The van der Waals surface area contributed by atoms with Gasteiger partial charge in [-0.2, -0.15) is 26.3 Å². The molecule has 0 aliphatic rings. The zero-order valence-electron chi connectivity index (χ0n) is 8.53. The van der Waals surface area contributed by atoms with Gasteiger partial charge in [0, 0.05) is 6.08 Å². The quantitative estimate of drug-likeness (QED) is 0.479. The van der Waals surface area contributed by atoms with Crippen molar-refractivity contribution in [3.8, 4) is 0 Å². The maximum Gasteiger partial charge on any atom is 0.385 e. The SMILES string of the molecule is CC(=O)/C=C(/O)C(F)(F)C(F)(F)C(F)(F)C(F)F. The van der Waals surface area contributed by atoms with Crippen molar-refractivity contribution in [2.75, 3.05) is 0 Å². The summed E-state index contributed by atoms with van der Waals surface area (Å²) < 4.78 is 98.7. The van der Waals surface area contributed by atoms with Gasteiger partial charge in [0.15, 0.2) is 11.5 Å². The highest BCUT2D eigenvalue weighted by atomic mass is 19.4. The predicted molar refractivity (Wildman–Crippen MR) is 42.2 cm³/mol. The molecule has 2 nitrogen and oxygen atoms in total. The molecule has 0 saturated heterocycles. The number of carbonyl (C=O) groups is 1. The first-order chi connectivity index (χ1) is 7.78. The lowest BCUT2D eigenvalue weighted by atomic mass is 10.0. The van der Waals surface area contributed by atoms with Gasteiger partial charge >= 0.3 is 24.2 Å². The summed E-state index contributed by atoms with van der Waals surface area (Å²) in [6.45, 7) is 0.551. The van der Waals surface area contributed by atoms with E-state index in [0.29, 0.717) is 6.92 Å². The van der Waals surface area contributed by atoms with E-state index in [1.165, 1.54) is 0 Å². The van der Waals surface area contributed by atoms with E-state index in [-0.39, 0.29) is 0 Å². The van der Waals surface area contributed by atoms with E-state index in [0.717, 1.165) is 0 Å². The van der Waals surface area contributed by atoms with Crippen molar-refractivity contribution in [1.29, 1.82) is 0 Å². The Morgan fingerprint density at radius 2 is 1.50 bits per heavy atom. The number of hydrogen-bond donors (Lipinski definition) is 1. The first-order valence-corrected chi connectivity index (χ1v) is 4.11. The maximum absolute atomic E-state index is 12.8.